The monoisotopic (exact) mass is 317 g/mol. The molecule has 4 heteroatoms. The molecule has 1 N–H and O–H groups in total. The molecule has 1 saturated heterocycles. The Bertz CT molecular complexity index is 598. The van der Waals surface area contributed by atoms with Crippen LogP contribution >= 0.6 is 0 Å². The summed E-state index contributed by atoms with van der Waals surface area (Å²) in [4.78, 5) is 26.0. The second-order valence-electron chi connectivity index (χ2n) is 7.92. The van der Waals surface area contributed by atoms with Gasteiger partial charge in [0.25, 0.3) is 5.91 Å². The van der Waals surface area contributed by atoms with Crippen LogP contribution in [0.15, 0.2) is 24.3 Å². The van der Waals surface area contributed by atoms with Crippen LogP contribution in [-0.4, -0.2) is 35.0 Å². The summed E-state index contributed by atoms with van der Waals surface area (Å²) in [5.74, 6) is -0.874. The van der Waals surface area contributed by atoms with E-state index in [4.69, 9.17) is 0 Å². The van der Waals surface area contributed by atoms with E-state index in [1.54, 1.807) is 4.90 Å². The zero-order chi connectivity index (χ0) is 17.4. The third-order valence-corrected chi connectivity index (χ3v) is 5.12. The van der Waals surface area contributed by atoms with Gasteiger partial charge in [0.1, 0.15) is 0 Å². The molecule has 1 fully saturated rings. The van der Waals surface area contributed by atoms with Crippen LogP contribution < -0.4 is 0 Å². The molecule has 1 heterocycles. The van der Waals surface area contributed by atoms with Crippen LogP contribution in [0.4, 0.5) is 0 Å². The predicted molar refractivity (Wildman–Crippen MR) is 90.6 cm³/mol. The lowest BCUT2D eigenvalue weighted by Crippen LogP contribution is -2.40. The molecule has 0 saturated carbocycles. The summed E-state index contributed by atoms with van der Waals surface area (Å²) < 4.78 is 0. The number of hydrogen-bond donors (Lipinski definition) is 1. The molecule has 0 aliphatic carbocycles. The highest BCUT2D eigenvalue weighted by Crippen LogP contribution is 2.38. The van der Waals surface area contributed by atoms with Gasteiger partial charge in [0.05, 0.1) is 5.41 Å². The molecule has 1 atom stereocenters. The lowest BCUT2D eigenvalue weighted by molar-refractivity contribution is -0.150. The minimum Gasteiger partial charge on any atom is -0.481 e. The first-order valence-electron chi connectivity index (χ1n) is 8.21. The highest BCUT2D eigenvalue weighted by molar-refractivity contribution is 5.95. The Labute approximate surface area is 138 Å². The van der Waals surface area contributed by atoms with E-state index in [-0.39, 0.29) is 17.2 Å². The topological polar surface area (TPSA) is 57.6 Å². The van der Waals surface area contributed by atoms with Crippen molar-refractivity contribution in [3.8, 4) is 0 Å². The molecule has 1 aromatic rings. The molecule has 1 aromatic carbocycles. The first-order chi connectivity index (χ1) is 10.6. The largest absolute Gasteiger partial charge is 0.481 e. The van der Waals surface area contributed by atoms with E-state index in [1.165, 1.54) is 5.56 Å². The van der Waals surface area contributed by atoms with Gasteiger partial charge in [-0.05, 0) is 35.4 Å². The van der Waals surface area contributed by atoms with Crippen LogP contribution in [-0.2, 0) is 10.2 Å². The Kier molecular flexibility index (Phi) is 4.56. The number of carboxylic acids is 1. The second kappa shape index (κ2) is 5.99. The van der Waals surface area contributed by atoms with Crippen LogP contribution in [0.3, 0.4) is 0 Å². The van der Waals surface area contributed by atoms with Crippen molar-refractivity contribution in [1.29, 1.82) is 0 Å². The van der Waals surface area contributed by atoms with Crippen molar-refractivity contribution in [2.24, 2.45) is 11.3 Å². The molecule has 1 unspecified atom stereocenters. The quantitative estimate of drug-likeness (QED) is 0.927. The van der Waals surface area contributed by atoms with Gasteiger partial charge >= 0.3 is 5.97 Å². The molecule has 0 aromatic heterocycles. The van der Waals surface area contributed by atoms with E-state index in [9.17, 15) is 14.7 Å². The van der Waals surface area contributed by atoms with Gasteiger partial charge in [0.2, 0.25) is 0 Å². The number of amides is 1. The molecule has 0 bridgehead atoms. The summed E-state index contributed by atoms with van der Waals surface area (Å²) in [7, 11) is 0. The van der Waals surface area contributed by atoms with Gasteiger partial charge < -0.3 is 10.0 Å². The lowest BCUT2D eigenvalue weighted by atomic mass is 9.76. The smallest absolute Gasteiger partial charge is 0.311 e. The van der Waals surface area contributed by atoms with Crippen LogP contribution in [0, 0.1) is 11.3 Å². The van der Waals surface area contributed by atoms with Crippen molar-refractivity contribution in [2.75, 3.05) is 13.1 Å². The molecule has 1 aliphatic heterocycles. The van der Waals surface area contributed by atoms with E-state index >= 15 is 0 Å². The van der Waals surface area contributed by atoms with Crippen molar-refractivity contribution < 1.29 is 14.7 Å². The summed E-state index contributed by atoms with van der Waals surface area (Å²) >= 11 is 0. The van der Waals surface area contributed by atoms with Crippen LogP contribution in [0.25, 0.3) is 0 Å². The first-order valence-corrected chi connectivity index (χ1v) is 8.21. The highest BCUT2D eigenvalue weighted by atomic mass is 16.4. The Balaban J connectivity index is 2.18. The Morgan fingerprint density at radius 2 is 1.74 bits per heavy atom. The number of aliphatic carboxylic acids is 1. The number of benzene rings is 1. The second-order valence-corrected chi connectivity index (χ2v) is 7.92. The van der Waals surface area contributed by atoms with Gasteiger partial charge in [-0.1, -0.05) is 46.8 Å². The highest BCUT2D eigenvalue weighted by Gasteiger charge is 2.48. The van der Waals surface area contributed by atoms with Crippen molar-refractivity contribution in [3.63, 3.8) is 0 Å². The summed E-state index contributed by atoms with van der Waals surface area (Å²) in [5, 5.41) is 9.59. The van der Waals surface area contributed by atoms with Crippen LogP contribution in [0.5, 0.6) is 0 Å². The summed E-state index contributed by atoms with van der Waals surface area (Å²) in [6.45, 7) is 11.0. The van der Waals surface area contributed by atoms with Crippen molar-refractivity contribution in [2.45, 2.75) is 46.5 Å². The SMILES string of the molecule is CC(C)C1(C(=O)O)CCN(C(=O)c2ccc(C(C)(C)C)cc2)C1. The number of carboxylic acid groups (broad SMARTS) is 1. The van der Waals surface area contributed by atoms with Crippen LogP contribution in [0.2, 0.25) is 0 Å². The minimum atomic E-state index is -0.818. The van der Waals surface area contributed by atoms with E-state index in [2.05, 4.69) is 20.8 Å². The molecule has 4 nitrogen and oxygen atoms in total. The number of carbonyl (C=O) groups is 2. The van der Waals surface area contributed by atoms with Crippen molar-refractivity contribution >= 4 is 11.9 Å². The summed E-state index contributed by atoms with van der Waals surface area (Å²) in [6, 6.07) is 7.66. The normalized spacial score (nSPS) is 21.7. The molecule has 23 heavy (non-hydrogen) atoms. The lowest BCUT2D eigenvalue weighted by Gasteiger charge is -2.28. The van der Waals surface area contributed by atoms with Crippen molar-refractivity contribution in [1.82, 2.24) is 4.90 Å². The standard InChI is InChI=1S/C19H27NO3/c1-13(2)19(17(22)23)10-11-20(12-19)16(21)14-6-8-15(9-7-14)18(3,4)5/h6-9,13H,10-12H2,1-5H3,(H,22,23). The van der Waals surface area contributed by atoms with E-state index < -0.39 is 11.4 Å². The molecule has 1 aliphatic rings. The molecular weight excluding hydrogens is 290 g/mol. The fourth-order valence-corrected chi connectivity index (χ4v) is 3.19. The molecule has 126 valence electrons. The van der Waals surface area contributed by atoms with E-state index in [0.717, 1.165) is 0 Å². The molecule has 0 spiro atoms. The molecule has 1 amide bonds. The maximum Gasteiger partial charge on any atom is 0.311 e. The van der Waals surface area contributed by atoms with Crippen molar-refractivity contribution in [3.05, 3.63) is 35.4 Å². The van der Waals surface area contributed by atoms with Gasteiger partial charge in [-0.15, -0.1) is 0 Å². The van der Waals surface area contributed by atoms with E-state index in [1.807, 2.05) is 38.1 Å². The molecule has 0 radical (unpaired) electrons. The number of rotatable bonds is 3. The Morgan fingerprint density at radius 1 is 1.17 bits per heavy atom. The van der Waals surface area contributed by atoms with Gasteiger partial charge in [-0.25, -0.2) is 0 Å². The summed E-state index contributed by atoms with van der Waals surface area (Å²) in [5.41, 5.74) is 1.03. The van der Waals surface area contributed by atoms with Gasteiger partial charge in [-0.2, -0.15) is 0 Å². The zero-order valence-electron chi connectivity index (χ0n) is 14.7. The first kappa shape index (κ1) is 17.5. The third-order valence-electron chi connectivity index (χ3n) is 5.12. The third kappa shape index (κ3) is 3.26. The van der Waals surface area contributed by atoms with Gasteiger partial charge in [0.15, 0.2) is 0 Å². The van der Waals surface area contributed by atoms with E-state index in [0.29, 0.717) is 25.1 Å². The number of hydrogen-bond acceptors (Lipinski definition) is 2. The number of likely N-dealkylation sites (tertiary alicyclic amines) is 1. The minimum absolute atomic E-state index is 0.000988. The van der Waals surface area contributed by atoms with Crippen LogP contribution in [0.1, 0.15) is 57.0 Å². The number of carbonyl (C=O) groups excluding carboxylic acids is 1. The zero-order valence-corrected chi connectivity index (χ0v) is 14.7. The molecular formula is C19H27NO3. The predicted octanol–water partition coefficient (Wildman–Crippen LogP) is 3.56. The fraction of sp³-hybridized carbons (Fsp3) is 0.579. The Morgan fingerprint density at radius 3 is 2.13 bits per heavy atom. The van der Waals surface area contributed by atoms with Gasteiger partial charge in [-0.3, -0.25) is 9.59 Å². The maximum atomic E-state index is 12.7. The average molecular weight is 317 g/mol. The molecule has 2 rings (SSSR count). The fourth-order valence-electron chi connectivity index (χ4n) is 3.19. The maximum absolute atomic E-state index is 12.7. The Hall–Kier alpha value is -1.84. The van der Waals surface area contributed by atoms with Gasteiger partial charge in [0, 0.05) is 18.7 Å². The summed E-state index contributed by atoms with van der Waals surface area (Å²) in [6.07, 6.45) is 0.520. The average Bonchev–Trinajstić information content (AvgIpc) is 2.92. The number of nitrogens with zero attached hydrogens (tertiary/aromatic N) is 1.